The van der Waals surface area contributed by atoms with Crippen molar-refractivity contribution in [3.05, 3.63) is 0 Å². The van der Waals surface area contributed by atoms with E-state index in [0.29, 0.717) is 13.0 Å². The number of amides is 1. The molecule has 0 aromatic heterocycles. The molecule has 1 fully saturated rings. The van der Waals surface area contributed by atoms with Crippen LogP contribution in [0.25, 0.3) is 0 Å². The van der Waals surface area contributed by atoms with Gasteiger partial charge >= 0.3 is 5.97 Å². The SMILES string of the molecule is COC(=O)CN1CC(C)OC(C)CC1=O. The maximum absolute atomic E-state index is 11.7. The van der Waals surface area contributed by atoms with Gasteiger partial charge in [0.15, 0.2) is 0 Å². The number of rotatable bonds is 2. The third-order valence-electron chi connectivity index (χ3n) is 2.30. The van der Waals surface area contributed by atoms with Crippen molar-refractivity contribution in [2.75, 3.05) is 20.2 Å². The summed E-state index contributed by atoms with van der Waals surface area (Å²) in [4.78, 5) is 24.2. The first-order chi connectivity index (χ1) is 7.02. The highest BCUT2D eigenvalue weighted by Gasteiger charge is 2.26. The van der Waals surface area contributed by atoms with Gasteiger partial charge in [0.05, 0.1) is 25.7 Å². The highest BCUT2D eigenvalue weighted by Crippen LogP contribution is 2.12. The van der Waals surface area contributed by atoms with Crippen molar-refractivity contribution in [1.29, 1.82) is 0 Å². The van der Waals surface area contributed by atoms with Crippen molar-refractivity contribution in [2.24, 2.45) is 0 Å². The molecular formula is C10H17NO4. The predicted molar refractivity (Wildman–Crippen MR) is 53.2 cm³/mol. The second-order valence-electron chi connectivity index (χ2n) is 3.81. The molecule has 1 saturated heterocycles. The number of carbonyl (C=O) groups excluding carboxylic acids is 2. The van der Waals surface area contributed by atoms with Gasteiger partial charge in [0.1, 0.15) is 6.54 Å². The van der Waals surface area contributed by atoms with Gasteiger partial charge in [-0.2, -0.15) is 0 Å². The Kier molecular flexibility index (Phi) is 4.08. The molecule has 0 aromatic rings. The van der Waals surface area contributed by atoms with Gasteiger partial charge in [-0.1, -0.05) is 0 Å². The van der Waals surface area contributed by atoms with Gasteiger partial charge < -0.3 is 14.4 Å². The zero-order valence-corrected chi connectivity index (χ0v) is 9.36. The molecule has 2 unspecified atom stereocenters. The first-order valence-electron chi connectivity index (χ1n) is 5.03. The van der Waals surface area contributed by atoms with Gasteiger partial charge in [0.2, 0.25) is 5.91 Å². The van der Waals surface area contributed by atoms with Crippen LogP contribution in [0.5, 0.6) is 0 Å². The van der Waals surface area contributed by atoms with Crippen LogP contribution >= 0.6 is 0 Å². The highest BCUT2D eigenvalue weighted by atomic mass is 16.5. The van der Waals surface area contributed by atoms with Crippen molar-refractivity contribution >= 4 is 11.9 Å². The van der Waals surface area contributed by atoms with E-state index in [1.54, 1.807) is 0 Å². The molecule has 1 aliphatic heterocycles. The minimum atomic E-state index is -0.398. The van der Waals surface area contributed by atoms with Crippen molar-refractivity contribution in [1.82, 2.24) is 4.90 Å². The fraction of sp³-hybridized carbons (Fsp3) is 0.800. The normalized spacial score (nSPS) is 27.4. The molecule has 0 aliphatic carbocycles. The number of ether oxygens (including phenoxy) is 2. The molecule has 1 rings (SSSR count). The predicted octanol–water partition coefficient (Wildman–Crippen LogP) is 0.185. The Morgan fingerprint density at radius 1 is 1.53 bits per heavy atom. The van der Waals surface area contributed by atoms with Crippen molar-refractivity contribution in [3.63, 3.8) is 0 Å². The number of esters is 1. The summed E-state index contributed by atoms with van der Waals surface area (Å²) in [5.74, 6) is -0.456. The Hall–Kier alpha value is -1.10. The van der Waals surface area contributed by atoms with Gasteiger partial charge in [-0.15, -0.1) is 0 Å². The third kappa shape index (κ3) is 3.51. The molecule has 0 saturated carbocycles. The van der Waals surface area contributed by atoms with E-state index in [0.717, 1.165) is 0 Å². The number of methoxy groups -OCH3 is 1. The van der Waals surface area contributed by atoms with Gasteiger partial charge in [-0.05, 0) is 13.8 Å². The number of nitrogens with zero attached hydrogens (tertiary/aromatic N) is 1. The van der Waals surface area contributed by atoms with Crippen LogP contribution in [0.1, 0.15) is 20.3 Å². The lowest BCUT2D eigenvalue weighted by molar-refractivity contribution is -0.146. The lowest BCUT2D eigenvalue weighted by Gasteiger charge is -2.20. The molecule has 0 aromatic carbocycles. The van der Waals surface area contributed by atoms with E-state index in [9.17, 15) is 9.59 Å². The van der Waals surface area contributed by atoms with Crippen molar-refractivity contribution in [2.45, 2.75) is 32.5 Å². The number of hydrogen-bond donors (Lipinski definition) is 0. The Bertz CT molecular complexity index is 254. The first-order valence-corrected chi connectivity index (χ1v) is 5.03. The van der Waals surface area contributed by atoms with Crippen LogP contribution in [0.3, 0.4) is 0 Å². The third-order valence-corrected chi connectivity index (χ3v) is 2.30. The number of carbonyl (C=O) groups is 2. The molecular weight excluding hydrogens is 198 g/mol. The van der Waals surface area contributed by atoms with E-state index in [1.165, 1.54) is 12.0 Å². The molecule has 5 heteroatoms. The van der Waals surface area contributed by atoms with Gasteiger partial charge in [0.25, 0.3) is 0 Å². The second-order valence-corrected chi connectivity index (χ2v) is 3.81. The molecule has 1 heterocycles. The average Bonchev–Trinajstić information content (AvgIpc) is 2.25. The topological polar surface area (TPSA) is 55.8 Å². The maximum atomic E-state index is 11.7. The van der Waals surface area contributed by atoms with Crippen molar-refractivity contribution < 1.29 is 19.1 Å². The van der Waals surface area contributed by atoms with E-state index < -0.39 is 5.97 Å². The lowest BCUT2D eigenvalue weighted by Crippen LogP contribution is -2.38. The highest BCUT2D eigenvalue weighted by molar-refractivity contribution is 5.82. The Morgan fingerprint density at radius 2 is 2.20 bits per heavy atom. The average molecular weight is 215 g/mol. The Labute approximate surface area is 89.3 Å². The van der Waals surface area contributed by atoms with Crippen molar-refractivity contribution in [3.8, 4) is 0 Å². The summed E-state index contributed by atoms with van der Waals surface area (Å²) < 4.78 is 10.0. The largest absolute Gasteiger partial charge is 0.468 e. The molecule has 1 aliphatic rings. The number of hydrogen-bond acceptors (Lipinski definition) is 4. The fourth-order valence-corrected chi connectivity index (χ4v) is 1.65. The molecule has 86 valence electrons. The molecule has 15 heavy (non-hydrogen) atoms. The summed E-state index contributed by atoms with van der Waals surface area (Å²) in [7, 11) is 1.31. The van der Waals surface area contributed by atoms with E-state index >= 15 is 0 Å². The zero-order chi connectivity index (χ0) is 11.4. The smallest absolute Gasteiger partial charge is 0.325 e. The summed E-state index contributed by atoms with van der Waals surface area (Å²) >= 11 is 0. The fourth-order valence-electron chi connectivity index (χ4n) is 1.65. The summed E-state index contributed by atoms with van der Waals surface area (Å²) in [6, 6.07) is 0. The molecule has 0 radical (unpaired) electrons. The van der Waals surface area contributed by atoms with E-state index in [-0.39, 0.29) is 24.7 Å². The van der Waals surface area contributed by atoms with Gasteiger partial charge in [-0.25, -0.2) is 0 Å². The summed E-state index contributed by atoms with van der Waals surface area (Å²) in [6.07, 6.45) is 0.188. The summed E-state index contributed by atoms with van der Waals surface area (Å²) in [5.41, 5.74) is 0. The van der Waals surface area contributed by atoms with Crippen LogP contribution in [-0.4, -0.2) is 49.2 Å². The molecule has 1 amide bonds. The molecule has 0 N–H and O–H groups in total. The van der Waals surface area contributed by atoms with Crippen LogP contribution in [0, 0.1) is 0 Å². The van der Waals surface area contributed by atoms with Crippen LogP contribution in [0.4, 0.5) is 0 Å². The van der Waals surface area contributed by atoms with Gasteiger partial charge in [0, 0.05) is 6.54 Å². The lowest BCUT2D eigenvalue weighted by atomic mass is 10.2. The minimum absolute atomic E-state index is 0.00968. The minimum Gasteiger partial charge on any atom is -0.468 e. The van der Waals surface area contributed by atoms with E-state index in [1.807, 2.05) is 13.8 Å². The second kappa shape index (κ2) is 5.11. The maximum Gasteiger partial charge on any atom is 0.325 e. The van der Waals surface area contributed by atoms with Crippen LogP contribution < -0.4 is 0 Å². The molecule has 2 atom stereocenters. The van der Waals surface area contributed by atoms with Crippen LogP contribution in [0.2, 0.25) is 0 Å². The van der Waals surface area contributed by atoms with E-state index in [4.69, 9.17) is 4.74 Å². The molecule has 0 spiro atoms. The zero-order valence-electron chi connectivity index (χ0n) is 9.36. The molecule has 5 nitrogen and oxygen atoms in total. The quantitative estimate of drug-likeness (QED) is 0.617. The summed E-state index contributed by atoms with van der Waals surface area (Å²) in [6.45, 7) is 4.20. The van der Waals surface area contributed by atoms with Crippen LogP contribution in [-0.2, 0) is 19.1 Å². The van der Waals surface area contributed by atoms with Gasteiger partial charge in [-0.3, -0.25) is 9.59 Å². The summed E-state index contributed by atoms with van der Waals surface area (Å²) in [5, 5.41) is 0. The first kappa shape index (κ1) is 12.0. The Morgan fingerprint density at radius 3 is 2.80 bits per heavy atom. The molecule has 0 bridgehead atoms. The monoisotopic (exact) mass is 215 g/mol. The van der Waals surface area contributed by atoms with Crippen LogP contribution in [0.15, 0.2) is 0 Å². The standard InChI is InChI=1S/C10H17NO4/c1-7-4-9(12)11(5-8(2)15-7)6-10(13)14-3/h7-8H,4-6H2,1-3H3. The van der Waals surface area contributed by atoms with E-state index in [2.05, 4.69) is 4.74 Å². The Balaban J connectivity index is 2.61.